The lowest BCUT2D eigenvalue weighted by Gasteiger charge is -2.28. The molecule has 0 aromatic heterocycles. The van der Waals surface area contributed by atoms with E-state index >= 15 is 0 Å². The van der Waals surface area contributed by atoms with E-state index in [-0.39, 0.29) is 24.1 Å². The van der Waals surface area contributed by atoms with Crippen molar-refractivity contribution in [2.75, 3.05) is 66.0 Å². The fourth-order valence-corrected chi connectivity index (χ4v) is 4.03. The van der Waals surface area contributed by atoms with Gasteiger partial charge in [-0.15, -0.1) is 0 Å². The highest BCUT2D eigenvalue weighted by Crippen LogP contribution is 2.35. The highest BCUT2D eigenvalue weighted by atomic mass is 16.5. The number of hydrogen-bond acceptors (Lipinski definition) is 8. The lowest BCUT2D eigenvalue weighted by Crippen LogP contribution is -2.43. The first kappa shape index (κ1) is 23.6. The SMILES string of the molecule is COc1ccc(C2=C(Nc3cc(OC)ccc3OC)C(=O)N(CCN3CCOCC3)C2=O)cc1. The van der Waals surface area contributed by atoms with Gasteiger partial charge in [0.1, 0.15) is 22.9 Å². The molecule has 0 bridgehead atoms. The third-order valence-electron chi connectivity index (χ3n) is 5.96. The van der Waals surface area contributed by atoms with E-state index in [1.54, 1.807) is 63.8 Å². The summed E-state index contributed by atoms with van der Waals surface area (Å²) in [6.07, 6.45) is 0. The van der Waals surface area contributed by atoms with Gasteiger partial charge in [0.15, 0.2) is 0 Å². The van der Waals surface area contributed by atoms with E-state index in [2.05, 4.69) is 10.2 Å². The van der Waals surface area contributed by atoms with Gasteiger partial charge in [0.05, 0.1) is 45.8 Å². The van der Waals surface area contributed by atoms with Gasteiger partial charge in [-0.1, -0.05) is 12.1 Å². The highest BCUT2D eigenvalue weighted by molar-refractivity contribution is 6.36. The zero-order valence-electron chi connectivity index (χ0n) is 19.6. The predicted octanol–water partition coefficient (Wildman–Crippen LogP) is 2.24. The van der Waals surface area contributed by atoms with Gasteiger partial charge >= 0.3 is 0 Å². The molecule has 1 saturated heterocycles. The van der Waals surface area contributed by atoms with Crippen LogP contribution in [0.5, 0.6) is 17.2 Å². The number of imide groups is 1. The van der Waals surface area contributed by atoms with E-state index in [0.29, 0.717) is 53.8 Å². The molecule has 2 amide bonds. The first-order chi connectivity index (χ1) is 16.5. The third-order valence-corrected chi connectivity index (χ3v) is 5.96. The molecule has 2 aliphatic heterocycles. The number of carbonyl (C=O) groups is 2. The molecule has 180 valence electrons. The van der Waals surface area contributed by atoms with Crippen molar-refractivity contribution in [3.8, 4) is 17.2 Å². The van der Waals surface area contributed by atoms with Crippen LogP contribution in [0, 0.1) is 0 Å². The minimum absolute atomic E-state index is 0.198. The molecular formula is C25H29N3O6. The molecule has 1 fully saturated rings. The van der Waals surface area contributed by atoms with Crippen LogP contribution >= 0.6 is 0 Å². The number of anilines is 1. The monoisotopic (exact) mass is 467 g/mol. The lowest BCUT2D eigenvalue weighted by molar-refractivity contribution is -0.137. The van der Waals surface area contributed by atoms with Crippen molar-refractivity contribution in [1.29, 1.82) is 0 Å². The smallest absolute Gasteiger partial charge is 0.278 e. The highest BCUT2D eigenvalue weighted by Gasteiger charge is 2.39. The fraction of sp³-hybridized carbons (Fsp3) is 0.360. The third kappa shape index (κ3) is 4.85. The Kier molecular flexibility index (Phi) is 7.34. The average molecular weight is 468 g/mol. The Labute approximate surface area is 198 Å². The van der Waals surface area contributed by atoms with Crippen molar-refractivity contribution in [2.24, 2.45) is 0 Å². The van der Waals surface area contributed by atoms with E-state index in [1.807, 2.05) is 0 Å². The summed E-state index contributed by atoms with van der Waals surface area (Å²) in [5, 5.41) is 3.16. The maximum atomic E-state index is 13.5. The van der Waals surface area contributed by atoms with Crippen LogP contribution in [0.4, 0.5) is 5.69 Å². The van der Waals surface area contributed by atoms with Gasteiger partial charge in [-0.3, -0.25) is 19.4 Å². The lowest BCUT2D eigenvalue weighted by atomic mass is 10.0. The second-order valence-electron chi connectivity index (χ2n) is 7.89. The number of carbonyl (C=O) groups excluding carboxylic acids is 2. The van der Waals surface area contributed by atoms with Crippen molar-refractivity contribution in [3.05, 3.63) is 53.7 Å². The standard InChI is InChI=1S/C25H29N3O6/c1-31-18-6-4-17(5-7-18)22-23(26-20-16-19(32-2)8-9-21(20)33-3)25(30)28(24(22)29)11-10-27-12-14-34-15-13-27/h4-9,16,26H,10-15H2,1-3H3. The summed E-state index contributed by atoms with van der Waals surface area (Å²) in [4.78, 5) is 30.5. The minimum Gasteiger partial charge on any atom is -0.497 e. The maximum absolute atomic E-state index is 13.5. The second-order valence-corrected chi connectivity index (χ2v) is 7.89. The van der Waals surface area contributed by atoms with Crippen LogP contribution in [0.15, 0.2) is 48.2 Å². The number of rotatable bonds is 9. The molecule has 0 aliphatic carbocycles. The number of morpholine rings is 1. The van der Waals surface area contributed by atoms with Crippen molar-refractivity contribution < 1.29 is 28.5 Å². The number of nitrogens with one attached hydrogen (secondary N) is 1. The Morgan fingerprint density at radius 2 is 1.53 bits per heavy atom. The molecule has 1 N–H and O–H groups in total. The first-order valence-electron chi connectivity index (χ1n) is 11.1. The Hall–Kier alpha value is -3.56. The molecule has 2 aliphatic rings. The van der Waals surface area contributed by atoms with Crippen molar-refractivity contribution >= 4 is 23.1 Å². The number of benzene rings is 2. The molecule has 2 aromatic rings. The van der Waals surface area contributed by atoms with Gasteiger partial charge in [0, 0.05) is 32.2 Å². The topological polar surface area (TPSA) is 89.6 Å². The van der Waals surface area contributed by atoms with Gasteiger partial charge in [0.2, 0.25) is 0 Å². The molecule has 2 heterocycles. The normalized spacial score (nSPS) is 16.7. The number of hydrogen-bond donors (Lipinski definition) is 1. The van der Waals surface area contributed by atoms with E-state index in [4.69, 9.17) is 18.9 Å². The largest absolute Gasteiger partial charge is 0.497 e. The van der Waals surface area contributed by atoms with Crippen molar-refractivity contribution in [1.82, 2.24) is 9.80 Å². The van der Waals surface area contributed by atoms with Crippen LogP contribution in [-0.2, 0) is 14.3 Å². The van der Waals surface area contributed by atoms with Gasteiger partial charge in [0.25, 0.3) is 11.8 Å². The molecule has 0 atom stereocenters. The summed E-state index contributed by atoms with van der Waals surface area (Å²) in [5.74, 6) is 1.06. The molecule has 9 nitrogen and oxygen atoms in total. The molecule has 9 heteroatoms. The molecule has 0 radical (unpaired) electrons. The van der Waals surface area contributed by atoms with Crippen molar-refractivity contribution in [2.45, 2.75) is 0 Å². The van der Waals surface area contributed by atoms with Gasteiger partial charge in [-0.2, -0.15) is 0 Å². The fourth-order valence-electron chi connectivity index (χ4n) is 4.03. The average Bonchev–Trinajstić information content (AvgIpc) is 3.11. The molecule has 2 aromatic carbocycles. The molecule has 0 unspecified atom stereocenters. The zero-order chi connectivity index (χ0) is 24.1. The molecule has 0 spiro atoms. The maximum Gasteiger partial charge on any atom is 0.278 e. The molecular weight excluding hydrogens is 438 g/mol. The number of ether oxygens (including phenoxy) is 4. The van der Waals surface area contributed by atoms with E-state index in [1.165, 1.54) is 4.90 Å². The molecule has 34 heavy (non-hydrogen) atoms. The summed E-state index contributed by atoms with van der Waals surface area (Å²) in [7, 11) is 4.68. The Bertz CT molecular complexity index is 1080. The summed E-state index contributed by atoms with van der Waals surface area (Å²) in [5.41, 5.74) is 1.65. The van der Waals surface area contributed by atoms with Gasteiger partial charge in [-0.25, -0.2) is 0 Å². The second kappa shape index (κ2) is 10.6. The molecule has 4 rings (SSSR count). The van der Waals surface area contributed by atoms with Crippen LogP contribution in [0.2, 0.25) is 0 Å². The van der Waals surface area contributed by atoms with Gasteiger partial charge < -0.3 is 24.3 Å². The van der Waals surface area contributed by atoms with Crippen LogP contribution in [0.25, 0.3) is 5.57 Å². The van der Waals surface area contributed by atoms with Crippen LogP contribution in [0.3, 0.4) is 0 Å². The quantitative estimate of drug-likeness (QED) is 0.562. The van der Waals surface area contributed by atoms with E-state index in [0.717, 1.165) is 13.1 Å². The Morgan fingerprint density at radius 3 is 2.18 bits per heavy atom. The number of amides is 2. The van der Waals surface area contributed by atoms with Crippen LogP contribution in [-0.4, -0.2) is 82.3 Å². The number of nitrogens with zero attached hydrogens (tertiary/aromatic N) is 2. The number of methoxy groups -OCH3 is 3. The van der Waals surface area contributed by atoms with E-state index in [9.17, 15) is 9.59 Å². The molecule has 0 saturated carbocycles. The first-order valence-corrected chi connectivity index (χ1v) is 11.1. The van der Waals surface area contributed by atoms with Gasteiger partial charge in [-0.05, 0) is 29.8 Å². The summed E-state index contributed by atoms with van der Waals surface area (Å²) >= 11 is 0. The summed E-state index contributed by atoms with van der Waals surface area (Å²) in [6.45, 7) is 3.74. The Balaban J connectivity index is 1.68. The Morgan fingerprint density at radius 1 is 0.853 bits per heavy atom. The minimum atomic E-state index is -0.381. The predicted molar refractivity (Wildman–Crippen MR) is 127 cm³/mol. The summed E-state index contributed by atoms with van der Waals surface area (Å²) < 4.78 is 21.4. The summed E-state index contributed by atoms with van der Waals surface area (Å²) in [6, 6.07) is 12.3. The van der Waals surface area contributed by atoms with Crippen LogP contribution in [0.1, 0.15) is 5.56 Å². The van der Waals surface area contributed by atoms with Crippen molar-refractivity contribution in [3.63, 3.8) is 0 Å². The van der Waals surface area contributed by atoms with Crippen LogP contribution < -0.4 is 19.5 Å². The van der Waals surface area contributed by atoms with E-state index < -0.39 is 0 Å². The zero-order valence-corrected chi connectivity index (χ0v) is 19.6.